The summed E-state index contributed by atoms with van der Waals surface area (Å²) < 4.78 is 20.4. The highest BCUT2D eigenvalue weighted by atomic mass is 16.5. The number of benzene rings is 2. The molecule has 0 saturated heterocycles. The molecule has 0 aliphatic heterocycles. The van der Waals surface area contributed by atoms with E-state index in [0.717, 1.165) is 83.0 Å². The van der Waals surface area contributed by atoms with E-state index in [4.69, 9.17) is 16.0 Å². The van der Waals surface area contributed by atoms with Crippen LogP contribution in [0.4, 0.5) is 0 Å². The van der Waals surface area contributed by atoms with Crippen molar-refractivity contribution in [2.24, 2.45) is 29.4 Å². The molecule has 4 fully saturated rings. The number of aliphatic hydroxyl groups excluding tert-OH is 1. The monoisotopic (exact) mass is 916 g/mol. The predicted molar refractivity (Wildman–Crippen MR) is 254 cm³/mol. The van der Waals surface area contributed by atoms with Crippen LogP contribution >= 0.6 is 0 Å². The molecule has 66 heavy (non-hydrogen) atoms. The number of Topliss-reactive ketones (excluding diaryl/α,β-unsaturated/α-hetero) is 1. The smallest absolute Gasteiger partial charge is 0.330 e. The normalized spacial score (nSPS) is 21.6. The highest BCUT2D eigenvalue weighted by molar-refractivity contribution is 5.98. The van der Waals surface area contributed by atoms with Crippen molar-refractivity contribution in [1.29, 1.82) is 0 Å². The first-order chi connectivity index (χ1) is 32.1. The van der Waals surface area contributed by atoms with Crippen molar-refractivity contribution < 1.29 is 40.3 Å². The van der Waals surface area contributed by atoms with Crippen LogP contribution in [0.5, 0.6) is 11.5 Å². The van der Waals surface area contributed by atoms with Crippen LogP contribution in [0.25, 0.3) is 16.9 Å². The van der Waals surface area contributed by atoms with Gasteiger partial charge in [-0.05, 0) is 163 Å². The first-order valence-corrected chi connectivity index (χ1v) is 23.8. The van der Waals surface area contributed by atoms with Gasteiger partial charge < -0.3 is 40.5 Å². The van der Waals surface area contributed by atoms with E-state index in [1.807, 2.05) is 58.3 Å². The Bertz CT molecular complexity index is 2130. The van der Waals surface area contributed by atoms with Gasteiger partial charge in [0.1, 0.15) is 25.1 Å². The average Bonchev–Trinajstić information content (AvgIpc) is 3.76. The van der Waals surface area contributed by atoms with Gasteiger partial charge in [0.15, 0.2) is 11.5 Å². The summed E-state index contributed by atoms with van der Waals surface area (Å²) in [6.45, 7) is 7.73. The summed E-state index contributed by atoms with van der Waals surface area (Å²) in [7, 11) is 9.01. The molecule has 4 saturated carbocycles. The van der Waals surface area contributed by atoms with E-state index in [0.29, 0.717) is 72.0 Å². The van der Waals surface area contributed by atoms with E-state index in [1.54, 1.807) is 35.9 Å². The molecule has 6 N–H and O–H groups in total. The number of carbonyl (C=O) groups excluding carboxylic acids is 3. The number of hydrogen-bond acceptors (Lipinski definition) is 12. The fourth-order valence-corrected chi connectivity index (χ4v) is 11.0. The third-order valence-corrected chi connectivity index (χ3v) is 14.4. The van der Waals surface area contributed by atoms with Gasteiger partial charge in [0.2, 0.25) is 0 Å². The Kier molecular flexibility index (Phi) is 16.9. The number of aliphatic hydroxyl groups is 1. The minimum absolute atomic E-state index is 0.0552. The molecule has 1 heterocycles. The molecule has 4 bridgehead atoms. The number of rotatable bonds is 27. The van der Waals surface area contributed by atoms with Crippen molar-refractivity contribution in [3.8, 4) is 28.4 Å². The fourth-order valence-electron chi connectivity index (χ4n) is 11.0. The maximum absolute atomic E-state index is 14.4. The molecular formula is C50H74N8O8. The van der Waals surface area contributed by atoms with Crippen molar-refractivity contribution in [3.05, 3.63) is 59.3 Å². The van der Waals surface area contributed by atoms with Crippen LogP contribution in [-0.2, 0) is 9.59 Å². The fraction of sp³-hybridized carbons (Fsp3) is 0.620. The van der Waals surface area contributed by atoms with E-state index in [2.05, 4.69) is 33.2 Å². The number of ketones is 1. The predicted octanol–water partition coefficient (Wildman–Crippen LogP) is 5.01. The number of methoxy groups -OCH3 is 2. The van der Waals surface area contributed by atoms with Crippen LogP contribution in [0.2, 0.25) is 1.41 Å². The van der Waals surface area contributed by atoms with Gasteiger partial charge in [-0.25, -0.2) is 9.48 Å². The number of hydrogen-bond donors (Lipinski definition) is 5. The third kappa shape index (κ3) is 11.3. The van der Waals surface area contributed by atoms with Crippen molar-refractivity contribution in [3.63, 3.8) is 0 Å². The van der Waals surface area contributed by atoms with Crippen LogP contribution in [0.3, 0.4) is 0 Å². The van der Waals surface area contributed by atoms with E-state index < -0.39 is 30.1 Å². The van der Waals surface area contributed by atoms with Crippen LogP contribution < -0.4 is 25.8 Å². The zero-order valence-corrected chi connectivity index (χ0v) is 40.1. The maximum atomic E-state index is 14.4. The van der Waals surface area contributed by atoms with Crippen molar-refractivity contribution in [2.75, 3.05) is 81.4 Å². The summed E-state index contributed by atoms with van der Waals surface area (Å²) in [5.41, 5.74) is 4.21. The number of aromatic nitrogens is 2. The number of nitrogens with one attached hydrogen (secondary N) is 2. The average molecular weight is 916 g/mol. The molecule has 1 unspecified atom stereocenters. The Morgan fingerprint density at radius 2 is 1.53 bits per heavy atom. The molecule has 2 aromatic carbocycles. The number of unbranched alkanes of at least 4 members (excludes halogenated alkanes) is 1. The number of carbonyl (C=O) groups is 4. The molecule has 16 heteroatoms. The molecule has 362 valence electrons. The van der Waals surface area contributed by atoms with Gasteiger partial charge >= 0.3 is 5.97 Å². The lowest BCUT2D eigenvalue weighted by Gasteiger charge is -2.59. The van der Waals surface area contributed by atoms with E-state index in [9.17, 15) is 29.4 Å². The lowest BCUT2D eigenvalue weighted by Crippen LogP contribution is -2.70. The molecule has 4 aliphatic rings. The zero-order chi connectivity index (χ0) is 48.4. The topological polar surface area (TPSA) is 205 Å². The number of nitrogens with zero attached hydrogens (tertiary/aromatic N) is 5. The van der Waals surface area contributed by atoms with Crippen molar-refractivity contribution in [2.45, 2.75) is 95.6 Å². The summed E-state index contributed by atoms with van der Waals surface area (Å²) in [4.78, 5) is 60.0. The zero-order valence-electron chi connectivity index (χ0n) is 41.1. The number of ether oxygens (including phenoxy) is 2. The Morgan fingerprint density at radius 3 is 2.12 bits per heavy atom. The SMILES string of the molecule is [2H]NCCCCC(NCN(C)CCCN(C)CCCN(C)C(=O)c1ccc(-n2nc(C(=O)NC3(C(=O)O)C4CC5CC(C4)CC3C5)cc2-c2c(OC)cccc2OC)c(C(C)C)c1)C(=O)CO. The Labute approximate surface area is 392 Å². The minimum atomic E-state index is -1.35. The molecule has 2 amide bonds. The molecule has 16 nitrogen and oxygen atoms in total. The molecular weight excluding hydrogens is 841 g/mol. The number of aliphatic carboxylic acids is 1. The third-order valence-electron chi connectivity index (χ3n) is 14.4. The Morgan fingerprint density at radius 1 is 0.894 bits per heavy atom. The highest BCUT2D eigenvalue weighted by Crippen LogP contribution is 2.58. The Hall–Kier alpha value is -4.87. The standard InChI is InChI=1S/C50H74N8O8/c1-32(2)38-28-35(48(62)57(5)22-12-20-55(3)19-11-21-56(4)31-52-39(43(60)30-59)13-8-9-18-51)16-17-41(38)58-42(46-44(65-6)14-10-15-45(46)66-7)29-40(54-58)47(61)53-50(49(63)64)36-24-33-23-34(26-36)27-37(50)25-33/h10,14-17,28-29,32-34,36-37,39,52,59H,8-9,11-13,18-27,30-31,51H2,1-7H3,(H,53,61)(H,63,64)/i/hD. The summed E-state index contributed by atoms with van der Waals surface area (Å²) in [5, 5.41) is 31.5. The molecule has 1 aromatic heterocycles. The molecule has 0 radical (unpaired) electrons. The van der Waals surface area contributed by atoms with E-state index in [1.165, 1.54) is 0 Å². The van der Waals surface area contributed by atoms with Crippen LogP contribution in [0.1, 0.15) is 110 Å². The summed E-state index contributed by atoms with van der Waals surface area (Å²) >= 11 is 0. The first kappa shape index (κ1) is 49.0. The Balaban J connectivity index is 1.13. The minimum Gasteiger partial charge on any atom is -0.496 e. The number of carboxylic acids is 1. The number of amides is 2. The second-order valence-corrected chi connectivity index (χ2v) is 19.3. The molecule has 7 rings (SSSR count). The summed E-state index contributed by atoms with van der Waals surface area (Å²) in [5.74, 6) is -0.131. The van der Waals surface area contributed by atoms with Gasteiger partial charge in [-0.15, -0.1) is 0 Å². The van der Waals surface area contributed by atoms with Crippen molar-refractivity contribution in [1.82, 2.24) is 35.1 Å². The van der Waals surface area contributed by atoms with Gasteiger partial charge in [0.25, 0.3) is 11.8 Å². The molecule has 4 aliphatic carbocycles. The second-order valence-electron chi connectivity index (χ2n) is 19.3. The van der Waals surface area contributed by atoms with Crippen LogP contribution in [-0.4, -0.2) is 151 Å². The molecule has 1 atom stereocenters. The van der Waals surface area contributed by atoms with E-state index in [-0.39, 0.29) is 35.1 Å². The van der Waals surface area contributed by atoms with Gasteiger partial charge in [0.05, 0.1) is 37.2 Å². The summed E-state index contributed by atoms with van der Waals surface area (Å²) in [6, 6.07) is 12.3. The van der Waals surface area contributed by atoms with Gasteiger partial charge in [0, 0.05) is 32.4 Å². The second kappa shape index (κ2) is 22.8. The molecule has 0 spiro atoms. The van der Waals surface area contributed by atoms with Crippen LogP contribution in [0.15, 0.2) is 42.5 Å². The number of nitrogens with two attached hydrogens (primary N) is 1. The van der Waals surface area contributed by atoms with Gasteiger partial charge in [-0.2, -0.15) is 5.10 Å². The summed E-state index contributed by atoms with van der Waals surface area (Å²) in [6.07, 6.45) is 8.26. The number of carboxylic acid groups (broad SMARTS) is 1. The maximum Gasteiger partial charge on any atom is 0.330 e. The van der Waals surface area contributed by atoms with Gasteiger partial charge in [-0.1, -0.05) is 26.3 Å². The lowest BCUT2D eigenvalue weighted by molar-refractivity contribution is -0.163. The highest BCUT2D eigenvalue weighted by Gasteiger charge is 2.62. The molecule has 3 aromatic rings. The van der Waals surface area contributed by atoms with Crippen molar-refractivity contribution >= 4 is 23.6 Å². The first-order valence-electron chi connectivity index (χ1n) is 24.3. The van der Waals surface area contributed by atoms with E-state index >= 15 is 0 Å². The van der Waals surface area contributed by atoms with Gasteiger partial charge in [-0.3, -0.25) is 24.6 Å². The quantitative estimate of drug-likeness (QED) is 0.0505. The van der Waals surface area contributed by atoms with Crippen LogP contribution in [0, 0.1) is 23.7 Å². The lowest BCUT2D eigenvalue weighted by atomic mass is 9.48. The largest absolute Gasteiger partial charge is 0.496 e.